The smallest absolute Gasteiger partial charge is 0.250 e. The number of amides is 1. The number of rotatable bonds is 4. The molecule has 3 rings (SSSR count). The molecule has 1 amide bonds. The fourth-order valence-corrected chi connectivity index (χ4v) is 2.81. The molecule has 3 N–H and O–H groups in total. The summed E-state index contributed by atoms with van der Waals surface area (Å²) in [6.45, 7) is 1.03. The molecule has 112 valence electrons. The summed E-state index contributed by atoms with van der Waals surface area (Å²) in [6.07, 6.45) is 4.44. The Morgan fingerprint density at radius 3 is 2.76 bits per heavy atom. The van der Waals surface area contributed by atoms with E-state index in [1.54, 1.807) is 18.2 Å². The van der Waals surface area contributed by atoms with Crippen molar-refractivity contribution in [3.8, 4) is 5.75 Å². The van der Waals surface area contributed by atoms with Gasteiger partial charge in [-0.1, -0.05) is 12.1 Å². The maximum Gasteiger partial charge on any atom is 0.250 e. The van der Waals surface area contributed by atoms with Gasteiger partial charge in [0.2, 0.25) is 0 Å². The molecule has 0 aromatic heterocycles. The zero-order valence-electron chi connectivity index (χ0n) is 12.0. The Morgan fingerprint density at radius 2 is 2.10 bits per heavy atom. The minimum absolute atomic E-state index is 0.103. The molecule has 21 heavy (non-hydrogen) atoms. The first kappa shape index (κ1) is 13.9. The van der Waals surface area contributed by atoms with Crippen molar-refractivity contribution >= 4 is 5.91 Å². The third-order valence-electron chi connectivity index (χ3n) is 3.96. The molecule has 2 aliphatic heterocycles. The Hall–Kier alpha value is -2.05. The van der Waals surface area contributed by atoms with Gasteiger partial charge in [-0.25, -0.2) is 5.43 Å². The Bertz CT molecular complexity index is 543. The number of nitrogens with two attached hydrogens (primary N) is 1. The van der Waals surface area contributed by atoms with Crippen LogP contribution in [0.5, 0.6) is 5.75 Å². The van der Waals surface area contributed by atoms with Crippen molar-refractivity contribution in [2.45, 2.75) is 18.5 Å². The van der Waals surface area contributed by atoms with E-state index in [4.69, 9.17) is 10.5 Å². The fraction of sp³-hybridized carbons (Fsp3) is 0.400. The van der Waals surface area contributed by atoms with Crippen molar-refractivity contribution in [3.63, 3.8) is 0 Å². The van der Waals surface area contributed by atoms with Gasteiger partial charge < -0.3 is 20.4 Å². The summed E-state index contributed by atoms with van der Waals surface area (Å²) in [5.74, 6) is 0.936. The van der Waals surface area contributed by atoms with Gasteiger partial charge >= 0.3 is 0 Å². The number of methoxy groups -OCH3 is 1. The van der Waals surface area contributed by atoms with Crippen LogP contribution in [0.15, 0.2) is 36.7 Å². The predicted molar refractivity (Wildman–Crippen MR) is 79.0 cm³/mol. The quantitative estimate of drug-likeness (QED) is 0.848. The third kappa shape index (κ3) is 2.59. The minimum atomic E-state index is -0.159. The summed E-state index contributed by atoms with van der Waals surface area (Å²) in [7, 11) is 1.65. The third-order valence-corrected chi connectivity index (χ3v) is 3.96. The van der Waals surface area contributed by atoms with Gasteiger partial charge in [0.1, 0.15) is 11.8 Å². The highest BCUT2D eigenvalue weighted by atomic mass is 16.5. The molecule has 0 aliphatic carbocycles. The van der Waals surface area contributed by atoms with E-state index in [2.05, 4.69) is 5.43 Å². The molecular formula is C15H20N4O2. The molecule has 0 saturated carbocycles. The van der Waals surface area contributed by atoms with Gasteiger partial charge in [-0.3, -0.25) is 4.79 Å². The second-order valence-corrected chi connectivity index (χ2v) is 5.23. The summed E-state index contributed by atoms with van der Waals surface area (Å²) in [4.78, 5) is 14.1. The van der Waals surface area contributed by atoms with Gasteiger partial charge in [-0.2, -0.15) is 0 Å². The van der Waals surface area contributed by atoms with Gasteiger partial charge in [0, 0.05) is 25.5 Å². The van der Waals surface area contributed by atoms with Crippen LogP contribution in [-0.4, -0.2) is 42.1 Å². The van der Waals surface area contributed by atoms with E-state index in [1.807, 2.05) is 35.5 Å². The number of nitrogens with zero attached hydrogens (tertiary/aromatic N) is 2. The number of carbonyl (C=O) groups is 1. The monoisotopic (exact) mass is 288 g/mol. The lowest BCUT2D eigenvalue weighted by Crippen LogP contribution is -2.49. The molecule has 6 nitrogen and oxygen atoms in total. The maximum atomic E-state index is 12.4. The Kier molecular flexibility index (Phi) is 3.81. The average molecular weight is 288 g/mol. The Balaban J connectivity index is 1.73. The lowest BCUT2D eigenvalue weighted by atomic mass is 10.0. The zero-order valence-corrected chi connectivity index (χ0v) is 12.0. The maximum absolute atomic E-state index is 12.4. The van der Waals surface area contributed by atoms with Crippen molar-refractivity contribution in [3.05, 3.63) is 42.2 Å². The average Bonchev–Trinajstić information content (AvgIpc) is 2.95. The summed E-state index contributed by atoms with van der Waals surface area (Å²) in [6, 6.07) is 7.90. The lowest BCUT2D eigenvalue weighted by Gasteiger charge is -2.31. The van der Waals surface area contributed by atoms with Crippen molar-refractivity contribution in [2.24, 2.45) is 5.73 Å². The van der Waals surface area contributed by atoms with Gasteiger partial charge in [0.05, 0.1) is 13.2 Å². The van der Waals surface area contributed by atoms with Gasteiger partial charge in [0.25, 0.3) is 5.91 Å². The predicted octanol–water partition coefficient (Wildman–Crippen LogP) is 0.587. The normalized spacial score (nSPS) is 24.4. The number of carbonyl (C=O) groups excluding carboxylic acids is 1. The molecular weight excluding hydrogens is 268 g/mol. The topological polar surface area (TPSA) is 70.8 Å². The van der Waals surface area contributed by atoms with Crippen LogP contribution < -0.4 is 15.9 Å². The van der Waals surface area contributed by atoms with E-state index in [-0.39, 0.29) is 18.0 Å². The van der Waals surface area contributed by atoms with Crippen LogP contribution in [0.4, 0.5) is 0 Å². The molecule has 0 spiro atoms. The van der Waals surface area contributed by atoms with E-state index < -0.39 is 0 Å². The Morgan fingerprint density at radius 1 is 1.33 bits per heavy atom. The van der Waals surface area contributed by atoms with Crippen molar-refractivity contribution in [1.29, 1.82) is 0 Å². The number of hydrazine groups is 1. The number of hydrogen-bond donors (Lipinski definition) is 2. The molecule has 1 aromatic rings. The number of benzene rings is 1. The van der Waals surface area contributed by atoms with Gasteiger partial charge in [-0.05, 0) is 24.1 Å². The minimum Gasteiger partial charge on any atom is -0.497 e. The summed E-state index contributed by atoms with van der Waals surface area (Å²) < 4.78 is 5.17. The first-order valence-electron chi connectivity index (χ1n) is 7.10. The molecule has 0 bridgehead atoms. The van der Waals surface area contributed by atoms with Crippen LogP contribution in [0.3, 0.4) is 0 Å². The highest BCUT2D eigenvalue weighted by molar-refractivity contribution is 5.84. The second kappa shape index (κ2) is 5.75. The number of hydrogen-bond acceptors (Lipinski definition) is 5. The van der Waals surface area contributed by atoms with Crippen LogP contribution >= 0.6 is 0 Å². The van der Waals surface area contributed by atoms with Crippen molar-refractivity contribution < 1.29 is 9.53 Å². The van der Waals surface area contributed by atoms with Crippen LogP contribution in [0, 0.1) is 0 Å². The van der Waals surface area contributed by atoms with Crippen LogP contribution in [0.2, 0.25) is 0 Å². The summed E-state index contributed by atoms with van der Waals surface area (Å²) in [5, 5.41) is 1.89. The van der Waals surface area contributed by atoms with Gasteiger partial charge in [0.15, 0.2) is 0 Å². The van der Waals surface area contributed by atoms with Crippen LogP contribution in [0.1, 0.15) is 18.0 Å². The molecule has 2 heterocycles. The fourth-order valence-electron chi connectivity index (χ4n) is 2.81. The Labute approximate surface area is 124 Å². The first-order chi connectivity index (χ1) is 10.2. The molecule has 0 radical (unpaired) electrons. The van der Waals surface area contributed by atoms with E-state index in [9.17, 15) is 4.79 Å². The summed E-state index contributed by atoms with van der Waals surface area (Å²) >= 11 is 0. The largest absolute Gasteiger partial charge is 0.497 e. The lowest BCUT2D eigenvalue weighted by molar-refractivity contribution is -0.134. The second-order valence-electron chi connectivity index (χ2n) is 5.23. The standard InChI is InChI=1S/C15H20N4O2/c1-21-12-4-2-11(3-5-12)13-10-14-15(20)18(7-6-16)8-9-19(14)17-13/h2-5,8-9,13-14,17H,6-7,10,16H2,1H3. The van der Waals surface area contributed by atoms with E-state index >= 15 is 0 Å². The molecule has 1 aromatic carbocycles. The number of ether oxygens (including phenoxy) is 1. The number of nitrogens with one attached hydrogen (secondary N) is 1. The van der Waals surface area contributed by atoms with E-state index in [0.717, 1.165) is 17.7 Å². The van der Waals surface area contributed by atoms with Crippen LogP contribution in [-0.2, 0) is 4.79 Å². The van der Waals surface area contributed by atoms with Crippen molar-refractivity contribution in [2.75, 3.05) is 20.2 Å². The summed E-state index contributed by atoms with van der Waals surface area (Å²) in [5.41, 5.74) is 10.1. The molecule has 6 heteroatoms. The molecule has 2 atom stereocenters. The highest BCUT2D eigenvalue weighted by Crippen LogP contribution is 2.31. The van der Waals surface area contributed by atoms with Crippen molar-refractivity contribution in [1.82, 2.24) is 15.3 Å². The number of fused-ring (bicyclic) bond motifs is 1. The van der Waals surface area contributed by atoms with E-state index in [0.29, 0.717) is 13.1 Å². The van der Waals surface area contributed by atoms with E-state index in [1.165, 1.54) is 0 Å². The molecule has 1 fully saturated rings. The zero-order chi connectivity index (χ0) is 14.8. The molecule has 2 aliphatic rings. The highest BCUT2D eigenvalue weighted by Gasteiger charge is 2.39. The SMILES string of the molecule is COc1ccc(C2CC3C(=O)N(CCN)C=CN3N2)cc1. The molecule has 1 saturated heterocycles. The molecule has 2 unspecified atom stereocenters. The first-order valence-corrected chi connectivity index (χ1v) is 7.10. The van der Waals surface area contributed by atoms with Crippen LogP contribution in [0.25, 0.3) is 0 Å². The van der Waals surface area contributed by atoms with Gasteiger partial charge in [-0.15, -0.1) is 0 Å².